The number of anilines is 1. The summed E-state index contributed by atoms with van der Waals surface area (Å²) >= 11 is 0. The van der Waals surface area contributed by atoms with E-state index >= 15 is 0 Å². The Balaban J connectivity index is 3.07. The van der Waals surface area contributed by atoms with Gasteiger partial charge in [-0.2, -0.15) is 5.10 Å². The van der Waals surface area contributed by atoms with Crippen molar-refractivity contribution in [3.8, 4) is 0 Å². The maximum Gasteiger partial charge on any atom is 0.222 e. The molecule has 1 aromatic rings. The van der Waals surface area contributed by atoms with E-state index in [1.807, 2.05) is 0 Å². The Hall–Kier alpha value is -1.65. The van der Waals surface area contributed by atoms with Gasteiger partial charge in [0.15, 0.2) is 11.6 Å². The number of Topliss-reactive ketones (excluding diaryl/α,β-unsaturated/α-hetero) is 1. The standard InChI is InChI=1S/C8H11N3O2/c1-4-7(5(2)12)8(11-10-4)9-6(3)13/h1-3H3,(H2,9,10,11,13). The fourth-order valence-corrected chi connectivity index (χ4v) is 1.12. The molecule has 0 atom stereocenters. The van der Waals surface area contributed by atoms with Crippen LogP contribution in [0.5, 0.6) is 0 Å². The van der Waals surface area contributed by atoms with Crippen molar-refractivity contribution >= 4 is 17.5 Å². The number of H-pyrrole nitrogens is 1. The van der Waals surface area contributed by atoms with E-state index in [0.29, 0.717) is 17.1 Å². The molecule has 5 heteroatoms. The van der Waals surface area contributed by atoms with Gasteiger partial charge in [-0.1, -0.05) is 0 Å². The van der Waals surface area contributed by atoms with E-state index in [1.165, 1.54) is 13.8 Å². The maximum absolute atomic E-state index is 11.1. The summed E-state index contributed by atoms with van der Waals surface area (Å²) in [4.78, 5) is 21.8. The van der Waals surface area contributed by atoms with Gasteiger partial charge in [0.05, 0.1) is 5.56 Å². The number of hydrogen-bond donors (Lipinski definition) is 2. The van der Waals surface area contributed by atoms with Crippen LogP contribution in [0, 0.1) is 6.92 Å². The van der Waals surface area contributed by atoms with Gasteiger partial charge in [0.2, 0.25) is 5.91 Å². The zero-order valence-corrected chi connectivity index (χ0v) is 7.76. The molecule has 70 valence electrons. The molecule has 0 spiro atoms. The third-order valence-corrected chi connectivity index (χ3v) is 1.59. The molecule has 0 radical (unpaired) electrons. The quantitative estimate of drug-likeness (QED) is 0.665. The lowest BCUT2D eigenvalue weighted by Crippen LogP contribution is -2.09. The number of amides is 1. The third kappa shape index (κ3) is 1.93. The van der Waals surface area contributed by atoms with E-state index in [0.717, 1.165) is 0 Å². The molecule has 0 unspecified atom stereocenters. The first kappa shape index (κ1) is 9.44. The van der Waals surface area contributed by atoms with Gasteiger partial charge < -0.3 is 5.32 Å². The van der Waals surface area contributed by atoms with E-state index < -0.39 is 0 Å². The smallest absolute Gasteiger partial charge is 0.222 e. The summed E-state index contributed by atoms with van der Waals surface area (Å²) in [7, 11) is 0. The Morgan fingerprint density at radius 2 is 2.00 bits per heavy atom. The Bertz CT molecular complexity index is 354. The van der Waals surface area contributed by atoms with Crippen molar-refractivity contribution in [3.05, 3.63) is 11.3 Å². The van der Waals surface area contributed by atoms with Crippen molar-refractivity contribution < 1.29 is 9.59 Å². The normalized spacial score (nSPS) is 9.77. The first-order chi connectivity index (χ1) is 6.02. The van der Waals surface area contributed by atoms with Crippen LogP contribution in [0.3, 0.4) is 0 Å². The van der Waals surface area contributed by atoms with Gasteiger partial charge in [-0.25, -0.2) is 0 Å². The zero-order valence-electron chi connectivity index (χ0n) is 7.76. The average molecular weight is 181 g/mol. The number of nitrogens with one attached hydrogen (secondary N) is 2. The zero-order chi connectivity index (χ0) is 10.0. The largest absolute Gasteiger partial charge is 0.309 e. The number of ketones is 1. The minimum atomic E-state index is -0.242. The lowest BCUT2D eigenvalue weighted by molar-refractivity contribution is -0.114. The lowest BCUT2D eigenvalue weighted by atomic mass is 10.2. The fourth-order valence-electron chi connectivity index (χ4n) is 1.12. The first-order valence-electron chi connectivity index (χ1n) is 3.86. The van der Waals surface area contributed by atoms with E-state index in [4.69, 9.17) is 0 Å². The number of rotatable bonds is 2. The summed E-state index contributed by atoms with van der Waals surface area (Å²) in [6, 6.07) is 0. The van der Waals surface area contributed by atoms with Crippen LogP contribution in [0.1, 0.15) is 29.9 Å². The average Bonchev–Trinajstić information content (AvgIpc) is 2.30. The minimum Gasteiger partial charge on any atom is -0.309 e. The molecule has 0 bridgehead atoms. The molecule has 0 fully saturated rings. The van der Waals surface area contributed by atoms with Crippen molar-refractivity contribution in [2.24, 2.45) is 0 Å². The highest BCUT2D eigenvalue weighted by molar-refractivity contribution is 6.03. The Kier molecular flexibility index (Phi) is 2.46. The summed E-state index contributed by atoms with van der Waals surface area (Å²) < 4.78 is 0. The van der Waals surface area contributed by atoms with Gasteiger partial charge in [0.1, 0.15) is 0 Å². The number of carbonyl (C=O) groups excluding carboxylic acids is 2. The Morgan fingerprint density at radius 3 is 2.46 bits per heavy atom. The molecular weight excluding hydrogens is 170 g/mol. The number of aryl methyl sites for hydroxylation is 1. The first-order valence-corrected chi connectivity index (χ1v) is 3.86. The summed E-state index contributed by atoms with van der Waals surface area (Å²) in [5.74, 6) is -0.0542. The van der Waals surface area contributed by atoms with Crippen LogP contribution >= 0.6 is 0 Å². The van der Waals surface area contributed by atoms with Gasteiger partial charge in [-0.15, -0.1) is 0 Å². The molecule has 0 aliphatic heterocycles. The van der Waals surface area contributed by atoms with Crippen molar-refractivity contribution in [2.75, 3.05) is 5.32 Å². The van der Waals surface area contributed by atoms with E-state index in [1.54, 1.807) is 6.92 Å². The number of aromatic amines is 1. The van der Waals surface area contributed by atoms with Crippen LogP contribution in [0.2, 0.25) is 0 Å². The van der Waals surface area contributed by atoms with Crippen LogP contribution < -0.4 is 5.32 Å². The summed E-state index contributed by atoms with van der Waals surface area (Å²) in [5.41, 5.74) is 1.10. The van der Waals surface area contributed by atoms with Gasteiger partial charge >= 0.3 is 0 Å². The van der Waals surface area contributed by atoms with Crippen LogP contribution in [-0.2, 0) is 4.79 Å². The molecule has 0 aliphatic rings. The van der Waals surface area contributed by atoms with Gasteiger partial charge in [0, 0.05) is 12.6 Å². The fraction of sp³-hybridized carbons (Fsp3) is 0.375. The minimum absolute atomic E-state index is 0.116. The topological polar surface area (TPSA) is 74.8 Å². The second-order valence-electron chi connectivity index (χ2n) is 2.81. The molecule has 2 N–H and O–H groups in total. The highest BCUT2D eigenvalue weighted by Crippen LogP contribution is 2.15. The highest BCUT2D eigenvalue weighted by Gasteiger charge is 2.14. The van der Waals surface area contributed by atoms with Crippen LogP contribution in [-0.4, -0.2) is 21.9 Å². The van der Waals surface area contributed by atoms with Gasteiger partial charge in [0.25, 0.3) is 0 Å². The van der Waals surface area contributed by atoms with E-state index in [-0.39, 0.29) is 11.7 Å². The molecule has 1 aromatic heterocycles. The van der Waals surface area contributed by atoms with Crippen molar-refractivity contribution in [1.29, 1.82) is 0 Å². The number of hydrogen-bond acceptors (Lipinski definition) is 3. The molecule has 1 rings (SSSR count). The predicted octanol–water partition coefficient (Wildman–Crippen LogP) is 0.879. The van der Waals surface area contributed by atoms with Gasteiger partial charge in [-0.3, -0.25) is 14.7 Å². The summed E-state index contributed by atoms with van der Waals surface area (Å²) in [5, 5.41) is 8.91. The molecular formula is C8H11N3O2. The SMILES string of the molecule is CC(=O)Nc1n[nH]c(C)c1C(C)=O. The molecule has 0 aliphatic carbocycles. The molecule has 1 heterocycles. The summed E-state index contributed by atoms with van der Waals surface area (Å²) in [6.07, 6.45) is 0. The maximum atomic E-state index is 11.1. The number of carbonyl (C=O) groups is 2. The van der Waals surface area contributed by atoms with Gasteiger partial charge in [-0.05, 0) is 13.8 Å². The molecule has 1 amide bonds. The highest BCUT2D eigenvalue weighted by atomic mass is 16.1. The molecule has 5 nitrogen and oxygen atoms in total. The molecule has 0 aromatic carbocycles. The van der Waals surface area contributed by atoms with Crippen LogP contribution in [0.25, 0.3) is 0 Å². The van der Waals surface area contributed by atoms with Crippen molar-refractivity contribution in [1.82, 2.24) is 10.2 Å². The second-order valence-corrected chi connectivity index (χ2v) is 2.81. The van der Waals surface area contributed by atoms with Crippen molar-refractivity contribution in [2.45, 2.75) is 20.8 Å². The predicted molar refractivity (Wildman–Crippen MR) is 47.6 cm³/mol. The Morgan fingerprint density at radius 1 is 1.38 bits per heavy atom. The number of aromatic nitrogens is 2. The summed E-state index contributed by atoms with van der Waals surface area (Å²) in [6.45, 7) is 4.53. The van der Waals surface area contributed by atoms with Crippen LogP contribution in [0.15, 0.2) is 0 Å². The molecule has 13 heavy (non-hydrogen) atoms. The molecule has 0 saturated heterocycles. The van der Waals surface area contributed by atoms with E-state index in [9.17, 15) is 9.59 Å². The lowest BCUT2D eigenvalue weighted by Gasteiger charge is -1.98. The second kappa shape index (κ2) is 3.38. The van der Waals surface area contributed by atoms with Crippen molar-refractivity contribution in [3.63, 3.8) is 0 Å². The van der Waals surface area contributed by atoms with E-state index in [2.05, 4.69) is 15.5 Å². The molecule has 0 saturated carbocycles. The monoisotopic (exact) mass is 181 g/mol. The third-order valence-electron chi connectivity index (χ3n) is 1.59. The number of nitrogens with zero attached hydrogens (tertiary/aromatic N) is 1. The Labute approximate surface area is 75.5 Å². The van der Waals surface area contributed by atoms with Crippen LogP contribution in [0.4, 0.5) is 5.82 Å².